The SMILES string of the molecule is Cn1cnnc1SCc1cccnc1N. The van der Waals surface area contributed by atoms with Gasteiger partial charge in [-0.25, -0.2) is 4.98 Å². The third-order valence-corrected chi connectivity index (χ3v) is 3.04. The van der Waals surface area contributed by atoms with Crippen molar-refractivity contribution < 1.29 is 0 Å². The monoisotopic (exact) mass is 221 g/mol. The average Bonchev–Trinajstić information content (AvgIpc) is 2.63. The van der Waals surface area contributed by atoms with Crippen LogP contribution in [-0.4, -0.2) is 19.7 Å². The molecule has 0 aliphatic rings. The number of hydrogen-bond acceptors (Lipinski definition) is 5. The molecule has 5 nitrogen and oxygen atoms in total. The van der Waals surface area contributed by atoms with Crippen LogP contribution in [0.4, 0.5) is 5.82 Å². The smallest absolute Gasteiger partial charge is 0.191 e. The Labute approximate surface area is 91.7 Å². The summed E-state index contributed by atoms with van der Waals surface area (Å²) < 4.78 is 1.87. The maximum Gasteiger partial charge on any atom is 0.191 e. The van der Waals surface area contributed by atoms with Gasteiger partial charge in [0.05, 0.1) is 0 Å². The van der Waals surface area contributed by atoms with Crippen molar-refractivity contribution in [1.29, 1.82) is 0 Å². The molecule has 0 aliphatic carbocycles. The van der Waals surface area contributed by atoms with Crippen LogP contribution in [0.25, 0.3) is 0 Å². The lowest BCUT2D eigenvalue weighted by Gasteiger charge is -2.03. The highest BCUT2D eigenvalue weighted by molar-refractivity contribution is 7.98. The van der Waals surface area contributed by atoms with E-state index in [2.05, 4.69) is 15.2 Å². The Hall–Kier alpha value is -1.56. The minimum atomic E-state index is 0.576. The van der Waals surface area contributed by atoms with Crippen molar-refractivity contribution in [3.05, 3.63) is 30.2 Å². The Kier molecular flexibility index (Phi) is 2.86. The van der Waals surface area contributed by atoms with E-state index in [0.29, 0.717) is 5.82 Å². The van der Waals surface area contributed by atoms with Crippen molar-refractivity contribution in [2.45, 2.75) is 10.9 Å². The summed E-state index contributed by atoms with van der Waals surface area (Å²) in [6.45, 7) is 0. The van der Waals surface area contributed by atoms with E-state index >= 15 is 0 Å². The lowest BCUT2D eigenvalue weighted by molar-refractivity contribution is 0.788. The topological polar surface area (TPSA) is 69.6 Å². The first-order chi connectivity index (χ1) is 7.27. The zero-order valence-corrected chi connectivity index (χ0v) is 9.11. The van der Waals surface area contributed by atoms with Crippen molar-refractivity contribution in [3.63, 3.8) is 0 Å². The number of nitrogens with zero attached hydrogens (tertiary/aromatic N) is 4. The van der Waals surface area contributed by atoms with E-state index in [1.165, 1.54) is 0 Å². The number of pyridine rings is 1. The van der Waals surface area contributed by atoms with E-state index in [4.69, 9.17) is 5.73 Å². The average molecular weight is 221 g/mol. The first-order valence-corrected chi connectivity index (χ1v) is 5.42. The van der Waals surface area contributed by atoms with Gasteiger partial charge in [-0.3, -0.25) is 0 Å². The molecule has 0 fully saturated rings. The number of rotatable bonds is 3. The Bertz CT molecular complexity index is 453. The number of nitrogen functional groups attached to an aromatic ring is 1. The second-order valence-electron chi connectivity index (χ2n) is 3.06. The van der Waals surface area contributed by atoms with Crippen LogP contribution in [0.1, 0.15) is 5.56 Å². The molecule has 15 heavy (non-hydrogen) atoms. The fourth-order valence-electron chi connectivity index (χ4n) is 1.12. The third kappa shape index (κ3) is 2.27. The molecule has 2 rings (SSSR count). The van der Waals surface area contributed by atoms with Gasteiger partial charge >= 0.3 is 0 Å². The summed E-state index contributed by atoms with van der Waals surface area (Å²) >= 11 is 1.59. The molecule has 0 radical (unpaired) electrons. The molecule has 2 heterocycles. The first kappa shape index (κ1) is 9.97. The Morgan fingerprint density at radius 1 is 1.53 bits per heavy atom. The molecule has 0 saturated carbocycles. The standard InChI is InChI=1S/C9H11N5S/c1-14-6-12-13-9(14)15-5-7-3-2-4-11-8(7)10/h2-4,6H,5H2,1H3,(H2,10,11). The molecule has 2 N–H and O–H groups in total. The molecule has 0 spiro atoms. The van der Waals surface area contributed by atoms with Gasteiger partial charge in [-0.15, -0.1) is 10.2 Å². The van der Waals surface area contributed by atoms with Crippen molar-refractivity contribution in [2.75, 3.05) is 5.73 Å². The number of aromatic nitrogens is 4. The van der Waals surface area contributed by atoms with Crippen molar-refractivity contribution in [3.8, 4) is 0 Å². The first-order valence-electron chi connectivity index (χ1n) is 4.43. The van der Waals surface area contributed by atoms with Crippen LogP contribution in [0.2, 0.25) is 0 Å². The maximum atomic E-state index is 5.73. The van der Waals surface area contributed by atoms with Gasteiger partial charge in [0.2, 0.25) is 0 Å². The number of nitrogens with two attached hydrogens (primary N) is 1. The van der Waals surface area contributed by atoms with Crippen LogP contribution in [0.5, 0.6) is 0 Å². The number of thioether (sulfide) groups is 1. The minimum Gasteiger partial charge on any atom is -0.383 e. The van der Waals surface area contributed by atoms with Crippen molar-refractivity contribution in [1.82, 2.24) is 19.7 Å². The highest BCUT2D eigenvalue weighted by atomic mass is 32.2. The quantitative estimate of drug-likeness (QED) is 0.785. The van der Waals surface area contributed by atoms with Crippen LogP contribution in [-0.2, 0) is 12.8 Å². The van der Waals surface area contributed by atoms with Crippen LogP contribution >= 0.6 is 11.8 Å². The summed E-state index contributed by atoms with van der Waals surface area (Å²) in [5.74, 6) is 1.33. The fraction of sp³-hybridized carbons (Fsp3) is 0.222. The van der Waals surface area contributed by atoms with E-state index in [9.17, 15) is 0 Å². The molecule has 0 aromatic carbocycles. The van der Waals surface area contributed by atoms with Gasteiger partial charge < -0.3 is 10.3 Å². The summed E-state index contributed by atoms with van der Waals surface area (Å²) in [7, 11) is 1.91. The van der Waals surface area contributed by atoms with Gasteiger partial charge in [0, 0.05) is 24.6 Å². The van der Waals surface area contributed by atoms with Gasteiger partial charge in [-0.05, 0) is 6.07 Å². The van der Waals surface area contributed by atoms with Gasteiger partial charge in [-0.1, -0.05) is 17.8 Å². The Balaban J connectivity index is 2.06. The maximum absolute atomic E-state index is 5.73. The number of hydrogen-bond donors (Lipinski definition) is 1. The summed E-state index contributed by atoms with van der Waals surface area (Å²) in [5.41, 5.74) is 6.75. The number of anilines is 1. The van der Waals surface area contributed by atoms with E-state index in [0.717, 1.165) is 16.5 Å². The van der Waals surface area contributed by atoms with Gasteiger partial charge in [0.1, 0.15) is 12.1 Å². The predicted octanol–water partition coefficient (Wildman–Crippen LogP) is 1.08. The van der Waals surface area contributed by atoms with Gasteiger partial charge in [0.15, 0.2) is 5.16 Å². The molecule has 0 unspecified atom stereocenters. The lowest BCUT2D eigenvalue weighted by atomic mass is 10.3. The van der Waals surface area contributed by atoms with Crippen LogP contribution < -0.4 is 5.73 Å². The van der Waals surface area contributed by atoms with Gasteiger partial charge in [-0.2, -0.15) is 0 Å². The van der Waals surface area contributed by atoms with Crippen molar-refractivity contribution in [2.24, 2.45) is 7.05 Å². The van der Waals surface area contributed by atoms with E-state index < -0.39 is 0 Å². The summed E-state index contributed by atoms with van der Waals surface area (Å²) in [6.07, 6.45) is 3.36. The summed E-state index contributed by atoms with van der Waals surface area (Å²) in [6, 6.07) is 3.84. The molecule has 6 heteroatoms. The van der Waals surface area contributed by atoms with E-state index in [1.54, 1.807) is 24.3 Å². The molecular formula is C9H11N5S. The van der Waals surface area contributed by atoms with Crippen molar-refractivity contribution >= 4 is 17.6 Å². The highest BCUT2D eigenvalue weighted by Crippen LogP contribution is 2.21. The second kappa shape index (κ2) is 4.31. The predicted molar refractivity (Wildman–Crippen MR) is 59.2 cm³/mol. The number of aryl methyl sites for hydroxylation is 1. The summed E-state index contributed by atoms with van der Waals surface area (Å²) in [5, 5.41) is 8.65. The minimum absolute atomic E-state index is 0.576. The molecule has 0 saturated heterocycles. The molecule has 2 aromatic heterocycles. The molecule has 78 valence electrons. The lowest BCUT2D eigenvalue weighted by Crippen LogP contribution is -1.96. The Morgan fingerprint density at radius 2 is 2.40 bits per heavy atom. The molecule has 0 amide bonds. The normalized spacial score (nSPS) is 10.5. The van der Waals surface area contributed by atoms with E-state index in [-0.39, 0.29) is 0 Å². The highest BCUT2D eigenvalue weighted by Gasteiger charge is 2.04. The van der Waals surface area contributed by atoms with Crippen LogP contribution in [0.15, 0.2) is 29.8 Å². The molecule has 2 aromatic rings. The summed E-state index contributed by atoms with van der Waals surface area (Å²) in [4.78, 5) is 4.02. The van der Waals surface area contributed by atoms with Gasteiger partial charge in [0.25, 0.3) is 0 Å². The zero-order chi connectivity index (χ0) is 10.7. The van der Waals surface area contributed by atoms with Crippen LogP contribution in [0, 0.1) is 0 Å². The molecular weight excluding hydrogens is 210 g/mol. The van der Waals surface area contributed by atoms with E-state index in [1.807, 2.05) is 23.7 Å². The third-order valence-electron chi connectivity index (χ3n) is 1.95. The largest absolute Gasteiger partial charge is 0.383 e. The second-order valence-corrected chi connectivity index (χ2v) is 4.00. The fourth-order valence-corrected chi connectivity index (χ4v) is 2.00. The zero-order valence-electron chi connectivity index (χ0n) is 8.29. The molecule has 0 atom stereocenters. The molecule has 0 aliphatic heterocycles. The Morgan fingerprint density at radius 3 is 3.07 bits per heavy atom. The molecule has 0 bridgehead atoms. The van der Waals surface area contributed by atoms with Crippen LogP contribution in [0.3, 0.4) is 0 Å².